The minimum Gasteiger partial charge on any atom is -0.394 e. The third kappa shape index (κ3) is 2.09. The van der Waals surface area contributed by atoms with Gasteiger partial charge in [0.15, 0.2) is 0 Å². The van der Waals surface area contributed by atoms with E-state index < -0.39 is 31.0 Å². The molecule has 7 heteroatoms. The van der Waals surface area contributed by atoms with Crippen LogP contribution in [-0.2, 0) is 4.74 Å². The Labute approximate surface area is 74.2 Å². The first-order valence-electron chi connectivity index (χ1n) is 3.83. The molecule has 1 heterocycles. The van der Waals surface area contributed by atoms with E-state index in [0.717, 1.165) is 0 Å². The van der Waals surface area contributed by atoms with Gasteiger partial charge >= 0.3 is 0 Å². The lowest BCUT2D eigenvalue weighted by molar-refractivity contribution is -0.0333. The van der Waals surface area contributed by atoms with Gasteiger partial charge in [-0.25, -0.2) is 0 Å². The van der Waals surface area contributed by atoms with Crippen LogP contribution in [0, 0.1) is 0 Å². The summed E-state index contributed by atoms with van der Waals surface area (Å²) in [6.07, 6.45) is -2.87. The predicted octanol–water partition coefficient (Wildman–Crippen LogP) is -1.22. The molecule has 0 saturated carbocycles. The van der Waals surface area contributed by atoms with Crippen molar-refractivity contribution >= 4 is 0 Å². The first-order valence-corrected chi connectivity index (χ1v) is 3.83. The van der Waals surface area contributed by atoms with Crippen LogP contribution in [0.3, 0.4) is 0 Å². The number of hydrogen-bond donors (Lipinski definition) is 3. The second-order valence-electron chi connectivity index (χ2n) is 2.81. The van der Waals surface area contributed by atoms with E-state index in [2.05, 4.69) is 10.0 Å². The maximum absolute atomic E-state index is 9.25. The fraction of sp³-hybridized carbons (Fsp3) is 1.00. The fourth-order valence-corrected chi connectivity index (χ4v) is 1.27. The third-order valence-corrected chi connectivity index (χ3v) is 1.94. The second-order valence-corrected chi connectivity index (χ2v) is 2.81. The highest BCUT2D eigenvalue weighted by Gasteiger charge is 2.39. The number of aliphatic hydroxyl groups excluding tert-OH is 3. The Hall–Kier alpha value is -0.850. The highest BCUT2D eigenvalue weighted by atomic mass is 16.5. The fourth-order valence-electron chi connectivity index (χ4n) is 1.27. The van der Waals surface area contributed by atoms with Crippen LogP contribution in [0.25, 0.3) is 10.4 Å². The number of nitrogens with zero attached hydrogens (tertiary/aromatic N) is 3. The largest absolute Gasteiger partial charge is 0.394 e. The number of hydrogen-bond acceptors (Lipinski definition) is 5. The molecule has 1 aliphatic heterocycles. The number of rotatable bonds is 3. The molecule has 7 nitrogen and oxygen atoms in total. The van der Waals surface area contributed by atoms with Crippen molar-refractivity contribution in [1.29, 1.82) is 0 Å². The van der Waals surface area contributed by atoms with Crippen LogP contribution in [0.5, 0.6) is 0 Å². The van der Waals surface area contributed by atoms with Crippen LogP contribution in [0.2, 0.25) is 0 Å². The van der Waals surface area contributed by atoms with Crippen LogP contribution in [0.4, 0.5) is 0 Å². The van der Waals surface area contributed by atoms with Gasteiger partial charge in [0.2, 0.25) is 0 Å². The molecule has 1 saturated heterocycles. The van der Waals surface area contributed by atoms with Crippen LogP contribution in [-0.4, -0.2) is 52.9 Å². The van der Waals surface area contributed by atoms with Gasteiger partial charge in [-0.3, -0.25) is 0 Å². The first kappa shape index (κ1) is 10.2. The Bertz CT molecular complexity index is 218. The number of azide groups is 1. The molecular weight excluding hydrogens is 178 g/mol. The lowest BCUT2D eigenvalue weighted by Crippen LogP contribution is -2.39. The Kier molecular flexibility index (Phi) is 3.47. The van der Waals surface area contributed by atoms with E-state index in [1.807, 2.05) is 0 Å². The van der Waals surface area contributed by atoms with Gasteiger partial charge < -0.3 is 20.1 Å². The molecule has 1 fully saturated rings. The van der Waals surface area contributed by atoms with Gasteiger partial charge in [-0.1, -0.05) is 5.11 Å². The van der Waals surface area contributed by atoms with Crippen LogP contribution in [0.15, 0.2) is 5.11 Å². The summed E-state index contributed by atoms with van der Waals surface area (Å²) in [6, 6.07) is -0.827. The molecule has 0 aromatic carbocycles. The number of aliphatic hydroxyl groups is 3. The summed E-state index contributed by atoms with van der Waals surface area (Å²) < 4.78 is 4.96. The SMILES string of the molecule is [N-]=[N+]=N[C@H]1[C@@H]([C@@H](O)CO)OC[C@@H]1O. The average Bonchev–Trinajstić information content (AvgIpc) is 2.48. The lowest BCUT2D eigenvalue weighted by Gasteiger charge is -2.19. The molecule has 0 amide bonds. The molecule has 0 spiro atoms. The molecule has 3 N–H and O–H groups in total. The van der Waals surface area contributed by atoms with Gasteiger partial charge in [0.25, 0.3) is 0 Å². The first-order chi connectivity index (χ1) is 6.20. The molecule has 0 bridgehead atoms. The van der Waals surface area contributed by atoms with Crippen molar-refractivity contribution in [3.8, 4) is 0 Å². The lowest BCUT2D eigenvalue weighted by atomic mass is 10.1. The van der Waals surface area contributed by atoms with Gasteiger partial charge in [0, 0.05) is 4.91 Å². The monoisotopic (exact) mass is 189 g/mol. The Balaban J connectivity index is 2.68. The predicted molar refractivity (Wildman–Crippen MR) is 41.8 cm³/mol. The van der Waals surface area contributed by atoms with Crippen LogP contribution in [0.1, 0.15) is 0 Å². The molecule has 1 rings (SSSR count). The van der Waals surface area contributed by atoms with E-state index in [9.17, 15) is 10.2 Å². The van der Waals surface area contributed by atoms with E-state index in [1.165, 1.54) is 0 Å². The summed E-state index contributed by atoms with van der Waals surface area (Å²) in [5.74, 6) is 0. The van der Waals surface area contributed by atoms with Gasteiger partial charge in [-0.15, -0.1) is 0 Å². The smallest absolute Gasteiger partial charge is 0.104 e. The summed E-state index contributed by atoms with van der Waals surface area (Å²) >= 11 is 0. The minimum atomic E-state index is -1.13. The van der Waals surface area contributed by atoms with Crippen LogP contribution < -0.4 is 0 Å². The Morgan fingerprint density at radius 3 is 2.92 bits per heavy atom. The summed E-state index contributed by atoms with van der Waals surface area (Å²) in [6.45, 7) is -0.486. The molecule has 0 aromatic rings. The maximum Gasteiger partial charge on any atom is 0.104 e. The Morgan fingerprint density at radius 1 is 1.69 bits per heavy atom. The maximum atomic E-state index is 9.25. The third-order valence-electron chi connectivity index (χ3n) is 1.94. The average molecular weight is 189 g/mol. The normalized spacial score (nSPS) is 35.5. The number of ether oxygens (including phenoxy) is 1. The molecule has 1 aliphatic rings. The van der Waals surface area contributed by atoms with Crippen molar-refractivity contribution in [1.82, 2.24) is 0 Å². The van der Waals surface area contributed by atoms with Crippen molar-refractivity contribution in [3.63, 3.8) is 0 Å². The van der Waals surface area contributed by atoms with Crippen molar-refractivity contribution in [3.05, 3.63) is 10.4 Å². The standard InChI is InChI=1S/C6H11N3O4/c7-9-8-5-4(12)2-13-6(5)3(11)1-10/h3-6,10-12H,1-2H2/t3-,4-,5+,6+/m0/s1. The zero-order chi connectivity index (χ0) is 9.84. The Morgan fingerprint density at radius 2 is 2.38 bits per heavy atom. The van der Waals surface area contributed by atoms with Crippen molar-refractivity contribution in [2.24, 2.45) is 5.11 Å². The molecule has 0 aromatic heterocycles. The van der Waals surface area contributed by atoms with E-state index >= 15 is 0 Å². The molecule has 4 atom stereocenters. The van der Waals surface area contributed by atoms with Gasteiger partial charge in [-0.05, 0) is 5.53 Å². The van der Waals surface area contributed by atoms with E-state index in [0.29, 0.717) is 0 Å². The highest BCUT2D eigenvalue weighted by molar-refractivity contribution is 4.93. The van der Waals surface area contributed by atoms with Crippen molar-refractivity contribution in [2.75, 3.05) is 13.2 Å². The zero-order valence-corrected chi connectivity index (χ0v) is 6.82. The van der Waals surface area contributed by atoms with E-state index in [-0.39, 0.29) is 6.61 Å². The second kappa shape index (κ2) is 4.40. The molecule has 74 valence electrons. The molecule has 0 aliphatic carbocycles. The summed E-state index contributed by atoms with van der Waals surface area (Å²) in [5, 5.41) is 30.4. The van der Waals surface area contributed by atoms with Crippen molar-refractivity contribution < 1.29 is 20.1 Å². The molecular formula is C6H11N3O4. The van der Waals surface area contributed by atoms with Crippen molar-refractivity contribution in [2.45, 2.75) is 24.4 Å². The molecule has 13 heavy (non-hydrogen) atoms. The molecule has 0 unspecified atom stereocenters. The molecule has 0 radical (unpaired) electrons. The summed E-state index contributed by atoms with van der Waals surface area (Å²) in [7, 11) is 0. The topological polar surface area (TPSA) is 119 Å². The van der Waals surface area contributed by atoms with E-state index in [4.69, 9.17) is 15.4 Å². The summed E-state index contributed by atoms with van der Waals surface area (Å²) in [4.78, 5) is 2.53. The zero-order valence-electron chi connectivity index (χ0n) is 6.82. The van der Waals surface area contributed by atoms with Crippen LogP contribution >= 0.6 is 0 Å². The van der Waals surface area contributed by atoms with Gasteiger partial charge in [0.05, 0.1) is 31.5 Å². The minimum absolute atomic E-state index is 0.00537. The quantitative estimate of drug-likeness (QED) is 0.293. The summed E-state index contributed by atoms with van der Waals surface area (Å²) in [5.41, 5.74) is 8.16. The van der Waals surface area contributed by atoms with E-state index in [1.54, 1.807) is 0 Å². The van der Waals surface area contributed by atoms with Gasteiger partial charge in [0.1, 0.15) is 6.10 Å². The van der Waals surface area contributed by atoms with Gasteiger partial charge in [-0.2, -0.15) is 0 Å². The highest BCUT2D eigenvalue weighted by Crippen LogP contribution is 2.20.